The van der Waals surface area contributed by atoms with E-state index in [1.54, 1.807) is 6.07 Å². The van der Waals surface area contributed by atoms with Crippen LogP contribution in [0, 0.1) is 13.8 Å². The van der Waals surface area contributed by atoms with Crippen LogP contribution >= 0.6 is 0 Å². The summed E-state index contributed by atoms with van der Waals surface area (Å²) in [7, 11) is 0. The molecule has 3 aromatic rings. The van der Waals surface area contributed by atoms with Gasteiger partial charge in [-0.25, -0.2) is 0 Å². The van der Waals surface area contributed by atoms with Gasteiger partial charge in [-0.3, -0.25) is 9.59 Å². The topological polar surface area (TPSA) is 77.8 Å². The van der Waals surface area contributed by atoms with E-state index in [-0.39, 0.29) is 11.2 Å². The number of amides is 1. The summed E-state index contributed by atoms with van der Waals surface area (Å²) < 4.78 is 17.4. The van der Waals surface area contributed by atoms with Crippen LogP contribution < -0.4 is 20.2 Å². The van der Waals surface area contributed by atoms with Crippen molar-refractivity contribution < 1.29 is 18.7 Å². The molecule has 2 heterocycles. The molecular formula is C24H25NO5. The van der Waals surface area contributed by atoms with Gasteiger partial charge in [0.2, 0.25) is 5.76 Å². The van der Waals surface area contributed by atoms with Crippen molar-refractivity contribution in [3.05, 3.63) is 68.6 Å². The maximum Gasteiger partial charge on any atom is 0.288 e. The van der Waals surface area contributed by atoms with Crippen LogP contribution in [0.1, 0.15) is 59.1 Å². The molecule has 1 aromatic heterocycles. The van der Waals surface area contributed by atoms with Crippen molar-refractivity contribution in [2.75, 3.05) is 13.2 Å². The number of aryl methyl sites for hydroxylation is 2. The van der Waals surface area contributed by atoms with Gasteiger partial charge in [-0.15, -0.1) is 0 Å². The van der Waals surface area contributed by atoms with Gasteiger partial charge in [0.1, 0.15) is 5.58 Å². The van der Waals surface area contributed by atoms with Crippen molar-refractivity contribution in [1.82, 2.24) is 5.32 Å². The Hall–Kier alpha value is -3.28. The lowest BCUT2D eigenvalue weighted by atomic mass is 9.98. The van der Waals surface area contributed by atoms with Gasteiger partial charge in [0.15, 0.2) is 16.9 Å². The molecular weight excluding hydrogens is 382 g/mol. The molecule has 4 rings (SSSR count). The highest BCUT2D eigenvalue weighted by Crippen LogP contribution is 2.36. The summed E-state index contributed by atoms with van der Waals surface area (Å²) in [6.45, 7) is 8.89. The monoisotopic (exact) mass is 407 g/mol. The van der Waals surface area contributed by atoms with Gasteiger partial charge in [0, 0.05) is 0 Å². The van der Waals surface area contributed by atoms with E-state index in [4.69, 9.17) is 13.9 Å². The Morgan fingerprint density at radius 2 is 1.77 bits per heavy atom. The molecule has 156 valence electrons. The predicted molar refractivity (Wildman–Crippen MR) is 115 cm³/mol. The lowest BCUT2D eigenvalue weighted by Gasteiger charge is -2.16. The molecule has 0 radical (unpaired) electrons. The number of benzene rings is 2. The highest BCUT2D eigenvalue weighted by Gasteiger charge is 2.36. The standard InChI is InChI=1S/C24H25NO5/c1-5-9-29-17-8-7-15(12-19(17)28-6-2)21-20-22(26)16-10-13(3)14(4)11-18(16)30-23(20)24(27)25-21/h7-8,10-12,21H,5-6,9H2,1-4H3,(H,25,27). The summed E-state index contributed by atoms with van der Waals surface area (Å²) in [6.07, 6.45) is 0.881. The highest BCUT2D eigenvalue weighted by atomic mass is 16.5. The lowest BCUT2D eigenvalue weighted by molar-refractivity contribution is 0.0938. The van der Waals surface area contributed by atoms with E-state index in [1.807, 2.05) is 52.0 Å². The van der Waals surface area contributed by atoms with Crippen LogP contribution in [-0.4, -0.2) is 19.1 Å². The predicted octanol–water partition coefficient (Wildman–Crippen LogP) is 4.43. The first-order valence-electron chi connectivity index (χ1n) is 10.2. The Morgan fingerprint density at radius 3 is 2.50 bits per heavy atom. The fourth-order valence-corrected chi connectivity index (χ4v) is 3.72. The average Bonchev–Trinajstić information content (AvgIpc) is 3.05. The Balaban J connectivity index is 1.84. The second kappa shape index (κ2) is 7.86. The summed E-state index contributed by atoms with van der Waals surface area (Å²) in [5.74, 6) is 0.910. The molecule has 2 aromatic carbocycles. The summed E-state index contributed by atoms with van der Waals surface area (Å²) in [5, 5.41) is 3.36. The van der Waals surface area contributed by atoms with Crippen LogP contribution in [0.3, 0.4) is 0 Å². The molecule has 0 saturated heterocycles. The number of carbonyl (C=O) groups excluding carboxylic acids is 1. The molecule has 1 aliphatic rings. The first-order valence-corrected chi connectivity index (χ1v) is 10.2. The zero-order valence-electron chi connectivity index (χ0n) is 17.6. The molecule has 1 amide bonds. The van der Waals surface area contributed by atoms with Crippen molar-refractivity contribution in [1.29, 1.82) is 0 Å². The number of carbonyl (C=O) groups is 1. The van der Waals surface area contributed by atoms with Crippen LogP contribution in [0.4, 0.5) is 0 Å². The molecule has 1 atom stereocenters. The maximum atomic E-state index is 13.3. The van der Waals surface area contributed by atoms with E-state index in [9.17, 15) is 9.59 Å². The third-order valence-electron chi connectivity index (χ3n) is 5.37. The van der Waals surface area contributed by atoms with Crippen molar-refractivity contribution in [2.45, 2.75) is 40.2 Å². The van der Waals surface area contributed by atoms with Crippen molar-refractivity contribution in [3.63, 3.8) is 0 Å². The van der Waals surface area contributed by atoms with E-state index < -0.39 is 11.9 Å². The quantitative estimate of drug-likeness (QED) is 0.654. The Labute approximate surface area is 174 Å². The largest absolute Gasteiger partial charge is 0.490 e. The summed E-state index contributed by atoms with van der Waals surface area (Å²) in [5.41, 5.74) is 3.31. The van der Waals surface area contributed by atoms with Crippen LogP contribution in [0.5, 0.6) is 11.5 Å². The molecule has 6 nitrogen and oxygen atoms in total. The summed E-state index contributed by atoms with van der Waals surface area (Å²) in [6, 6.07) is 8.50. The first-order chi connectivity index (χ1) is 14.4. The van der Waals surface area contributed by atoms with Crippen LogP contribution in [0.25, 0.3) is 11.0 Å². The number of ether oxygens (including phenoxy) is 2. The van der Waals surface area contributed by atoms with Crippen LogP contribution in [0.15, 0.2) is 39.5 Å². The van der Waals surface area contributed by atoms with Gasteiger partial charge >= 0.3 is 0 Å². The fourth-order valence-electron chi connectivity index (χ4n) is 3.72. The molecule has 1 N–H and O–H groups in total. The van der Waals surface area contributed by atoms with Gasteiger partial charge in [0.25, 0.3) is 5.91 Å². The van der Waals surface area contributed by atoms with Gasteiger partial charge in [0.05, 0.1) is 30.2 Å². The smallest absolute Gasteiger partial charge is 0.288 e. The molecule has 30 heavy (non-hydrogen) atoms. The number of hydrogen-bond donors (Lipinski definition) is 1. The molecule has 0 fully saturated rings. The van der Waals surface area contributed by atoms with E-state index in [0.29, 0.717) is 41.2 Å². The Morgan fingerprint density at radius 1 is 1.00 bits per heavy atom. The van der Waals surface area contributed by atoms with E-state index >= 15 is 0 Å². The maximum absolute atomic E-state index is 13.3. The van der Waals surface area contributed by atoms with E-state index in [1.165, 1.54) is 0 Å². The Bertz CT molecular complexity index is 1190. The molecule has 0 saturated carbocycles. The van der Waals surface area contributed by atoms with Gasteiger partial charge in [-0.1, -0.05) is 13.0 Å². The second-order valence-corrected chi connectivity index (χ2v) is 7.50. The number of hydrogen-bond acceptors (Lipinski definition) is 5. The minimum Gasteiger partial charge on any atom is -0.490 e. The summed E-state index contributed by atoms with van der Waals surface area (Å²) in [4.78, 5) is 25.9. The molecule has 0 bridgehead atoms. The normalized spacial score (nSPS) is 15.2. The van der Waals surface area contributed by atoms with Gasteiger partial charge in [-0.05, 0) is 68.1 Å². The summed E-state index contributed by atoms with van der Waals surface area (Å²) >= 11 is 0. The van der Waals surface area contributed by atoms with Crippen LogP contribution in [-0.2, 0) is 0 Å². The van der Waals surface area contributed by atoms with Crippen molar-refractivity contribution >= 4 is 16.9 Å². The van der Waals surface area contributed by atoms with Crippen LogP contribution in [0.2, 0.25) is 0 Å². The fraction of sp³-hybridized carbons (Fsp3) is 0.333. The van der Waals surface area contributed by atoms with Crippen molar-refractivity contribution in [3.8, 4) is 11.5 Å². The van der Waals surface area contributed by atoms with Gasteiger partial charge < -0.3 is 19.2 Å². The van der Waals surface area contributed by atoms with Crippen molar-refractivity contribution in [2.24, 2.45) is 0 Å². The first kappa shape index (κ1) is 20.0. The Kier molecular flexibility index (Phi) is 5.24. The number of fused-ring (bicyclic) bond motifs is 2. The average molecular weight is 407 g/mol. The molecule has 0 spiro atoms. The van der Waals surface area contributed by atoms with E-state index in [2.05, 4.69) is 5.32 Å². The minimum atomic E-state index is -0.603. The number of nitrogens with one attached hydrogen (secondary N) is 1. The third-order valence-corrected chi connectivity index (χ3v) is 5.37. The second-order valence-electron chi connectivity index (χ2n) is 7.50. The molecule has 6 heteroatoms. The van der Waals surface area contributed by atoms with E-state index in [0.717, 1.165) is 23.1 Å². The third kappa shape index (κ3) is 3.32. The van der Waals surface area contributed by atoms with Gasteiger partial charge in [-0.2, -0.15) is 0 Å². The zero-order valence-corrected chi connectivity index (χ0v) is 17.6. The number of rotatable bonds is 6. The zero-order chi connectivity index (χ0) is 21.4. The molecule has 1 unspecified atom stereocenters. The molecule has 0 aliphatic carbocycles. The minimum absolute atomic E-state index is 0.0741. The SMILES string of the molecule is CCCOc1ccc(C2NC(=O)c3oc4cc(C)c(C)cc4c(=O)c32)cc1OCC. The lowest BCUT2D eigenvalue weighted by Crippen LogP contribution is -2.22. The highest BCUT2D eigenvalue weighted by molar-refractivity contribution is 5.99. The molecule has 1 aliphatic heterocycles.